The molecule has 0 bridgehead atoms. The molecule has 1 heterocycles. The Balaban J connectivity index is 2.26. The zero-order chi connectivity index (χ0) is 19.2. The number of hydrogen-bond acceptors (Lipinski definition) is 4. The van der Waals surface area contributed by atoms with Gasteiger partial charge in [-0.1, -0.05) is 43.1 Å². The molecular weight excluding hydrogens is 373 g/mol. The number of dihydropyridines is 1. The molecule has 138 valence electrons. The van der Waals surface area contributed by atoms with Gasteiger partial charge in [-0.05, 0) is 37.5 Å². The molecule has 1 unspecified atom stereocenters. The second kappa shape index (κ2) is 6.75. The van der Waals surface area contributed by atoms with Crippen LogP contribution in [-0.2, 0) is 14.3 Å². The molecular formula is C20H21Cl2NO3. The van der Waals surface area contributed by atoms with Crippen molar-refractivity contribution in [3.63, 3.8) is 0 Å². The van der Waals surface area contributed by atoms with Crippen LogP contribution in [0.1, 0.15) is 45.1 Å². The molecule has 26 heavy (non-hydrogen) atoms. The zero-order valence-corrected chi connectivity index (χ0v) is 16.7. The van der Waals surface area contributed by atoms with Gasteiger partial charge < -0.3 is 10.1 Å². The van der Waals surface area contributed by atoms with Crippen LogP contribution in [0.5, 0.6) is 0 Å². The summed E-state index contributed by atoms with van der Waals surface area (Å²) in [6, 6.07) is 5.12. The molecule has 1 atom stereocenters. The lowest BCUT2D eigenvalue weighted by atomic mass is 9.67. The molecule has 0 spiro atoms. The number of carbonyl (C=O) groups excluding carboxylic acids is 2. The summed E-state index contributed by atoms with van der Waals surface area (Å²) in [7, 11) is 1.33. The first-order valence-electron chi connectivity index (χ1n) is 8.46. The lowest BCUT2D eigenvalue weighted by Crippen LogP contribution is -2.40. The molecule has 1 aliphatic carbocycles. The van der Waals surface area contributed by atoms with Crippen LogP contribution in [0.15, 0.2) is 40.7 Å². The van der Waals surface area contributed by atoms with Crippen molar-refractivity contribution in [1.82, 2.24) is 5.32 Å². The standard InChI is InChI=1S/C20H21Cl2NO3/c1-10-15(19(25)26-4)16(12-6-5-11(21)9-13(12)22)17-14(23-10)7-8-20(2,3)18(17)24/h5-6,9,16,23H,7-8H2,1-4H3. The molecule has 2 aliphatic rings. The fourth-order valence-corrected chi connectivity index (χ4v) is 4.22. The minimum atomic E-state index is -0.574. The fourth-order valence-electron chi connectivity index (χ4n) is 3.70. The van der Waals surface area contributed by atoms with Crippen molar-refractivity contribution >= 4 is 35.0 Å². The van der Waals surface area contributed by atoms with Gasteiger partial charge in [-0.15, -0.1) is 0 Å². The highest BCUT2D eigenvalue weighted by atomic mass is 35.5. The van der Waals surface area contributed by atoms with E-state index in [1.165, 1.54) is 7.11 Å². The van der Waals surface area contributed by atoms with Crippen LogP contribution in [0, 0.1) is 5.41 Å². The number of Topliss-reactive ketones (excluding diaryl/α,β-unsaturated/α-hetero) is 1. The first-order chi connectivity index (χ1) is 12.2. The van der Waals surface area contributed by atoms with Gasteiger partial charge in [0.25, 0.3) is 0 Å². The van der Waals surface area contributed by atoms with E-state index in [1.807, 2.05) is 20.8 Å². The third kappa shape index (κ3) is 3.06. The molecule has 1 N–H and O–H groups in total. The second-order valence-electron chi connectivity index (χ2n) is 7.36. The molecule has 4 nitrogen and oxygen atoms in total. The topological polar surface area (TPSA) is 55.4 Å². The molecule has 3 rings (SSSR count). The summed E-state index contributed by atoms with van der Waals surface area (Å²) in [5.74, 6) is -1.03. The summed E-state index contributed by atoms with van der Waals surface area (Å²) in [6.45, 7) is 5.68. The Morgan fingerprint density at radius 2 is 2.00 bits per heavy atom. The van der Waals surface area contributed by atoms with Crippen LogP contribution >= 0.6 is 23.2 Å². The van der Waals surface area contributed by atoms with Crippen molar-refractivity contribution in [2.45, 2.75) is 39.5 Å². The number of halogens is 2. The predicted molar refractivity (Wildman–Crippen MR) is 102 cm³/mol. The van der Waals surface area contributed by atoms with Crippen molar-refractivity contribution in [3.8, 4) is 0 Å². The van der Waals surface area contributed by atoms with Gasteiger partial charge in [-0.3, -0.25) is 4.79 Å². The van der Waals surface area contributed by atoms with Crippen LogP contribution in [-0.4, -0.2) is 18.9 Å². The SMILES string of the molecule is COC(=O)C1=C(C)NC2=C(C(=O)C(C)(C)CC2)C1c1ccc(Cl)cc1Cl. The van der Waals surface area contributed by atoms with Crippen molar-refractivity contribution < 1.29 is 14.3 Å². The number of allylic oxidation sites excluding steroid dienone is 3. The first kappa shape index (κ1) is 19.0. The van der Waals surface area contributed by atoms with Crippen molar-refractivity contribution in [2.24, 2.45) is 5.41 Å². The Morgan fingerprint density at radius 1 is 1.31 bits per heavy atom. The largest absolute Gasteiger partial charge is 0.466 e. The molecule has 0 saturated heterocycles. The van der Waals surface area contributed by atoms with Gasteiger partial charge in [0.15, 0.2) is 5.78 Å². The number of nitrogens with one attached hydrogen (secondary N) is 1. The molecule has 0 saturated carbocycles. The summed E-state index contributed by atoms with van der Waals surface area (Å²) >= 11 is 12.5. The van der Waals surface area contributed by atoms with Gasteiger partial charge in [0, 0.05) is 38.3 Å². The van der Waals surface area contributed by atoms with Gasteiger partial charge in [0.1, 0.15) is 0 Å². The zero-order valence-electron chi connectivity index (χ0n) is 15.2. The van der Waals surface area contributed by atoms with Crippen molar-refractivity contribution in [3.05, 3.63) is 56.3 Å². The van der Waals surface area contributed by atoms with Gasteiger partial charge >= 0.3 is 5.97 Å². The number of ether oxygens (including phenoxy) is 1. The highest BCUT2D eigenvalue weighted by Gasteiger charge is 2.45. The van der Waals surface area contributed by atoms with Gasteiger partial charge in [-0.25, -0.2) is 4.79 Å². The number of benzene rings is 1. The average Bonchev–Trinajstić information content (AvgIpc) is 2.57. The van der Waals surface area contributed by atoms with Crippen molar-refractivity contribution in [2.75, 3.05) is 7.11 Å². The van der Waals surface area contributed by atoms with E-state index in [1.54, 1.807) is 18.2 Å². The van der Waals surface area contributed by atoms with Crippen LogP contribution in [0.25, 0.3) is 0 Å². The molecule has 0 radical (unpaired) electrons. The molecule has 1 aromatic rings. The van der Waals surface area contributed by atoms with Crippen LogP contribution < -0.4 is 5.32 Å². The van der Waals surface area contributed by atoms with Crippen LogP contribution in [0.2, 0.25) is 10.0 Å². The minimum absolute atomic E-state index is 0.0242. The summed E-state index contributed by atoms with van der Waals surface area (Å²) < 4.78 is 5.00. The minimum Gasteiger partial charge on any atom is -0.466 e. The van der Waals surface area contributed by atoms with E-state index in [9.17, 15) is 9.59 Å². The Kier molecular flexibility index (Phi) is 4.93. The van der Waals surface area contributed by atoms with Crippen LogP contribution in [0.4, 0.5) is 0 Å². The number of ketones is 1. The Hall–Kier alpha value is -1.78. The first-order valence-corrected chi connectivity index (χ1v) is 9.22. The molecule has 1 aliphatic heterocycles. The summed E-state index contributed by atoms with van der Waals surface area (Å²) in [6.07, 6.45) is 1.49. The Morgan fingerprint density at radius 3 is 2.62 bits per heavy atom. The monoisotopic (exact) mass is 393 g/mol. The quantitative estimate of drug-likeness (QED) is 0.735. The number of esters is 1. The summed E-state index contributed by atoms with van der Waals surface area (Å²) in [5, 5.41) is 4.17. The molecule has 1 aromatic carbocycles. The molecule has 0 fully saturated rings. The smallest absolute Gasteiger partial charge is 0.336 e. The lowest BCUT2D eigenvalue weighted by molar-refractivity contribution is -0.136. The highest BCUT2D eigenvalue weighted by Crippen LogP contribution is 2.48. The maximum absolute atomic E-state index is 13.3. The fraction of sp³-hybridized carbons (Fsp3) is 0.400. The van der Waals surface area contributed by atoms with E-state index in [0.717, 1.165) is 18.5 Å². The number of carbonyl (C=O) groups is 2. The van der Waals surface area contributed by atoms with E-state index in [0.29, 0.717) is 32.5 Å². The van der Waals surface area contributed by atoms with E-state index >= 15 is 0 Å². The van der Waals surface area contributed by atoms with E-state index < -0.39 is 17.3 Å². The van der Waals surface area contributed by atoms with Crippen LogP contribution in [0.3, 0.4) is 0 Å². The van der Waals surface area contributed by atoms with E-state index in [2.05, 4.69) is 5.32 Å². The predicted octanol–water partition coefficient (Wildman–Crippen LogP) is 4.77. The lowest BCUT2D eigenvalue weighted by Gasteiger charge is -2.39. The van der Waals surface area contributed by atoms with Gasteiger partial charge in [-0.2, -0.15) is 0 Å². The third-order valence-corrected chi connectivity index (χ3v) is 5.75. The number of rotatable bonds is 2. The number of hydrogen-bond donors (Lipinski definition) is 1. The van der Waals surface area contributed by atoms with Gasteiger partial charge in [0.05, 0.1) is 12.7 Å². The third-order valence-electron chi connectivity index (χ3n) is 5.18. The van der Waals surface area contributed by atoms with Crippen molar-refractivity contribution in [1.29, 1.82) is 0 Å². The normalized spacial score (nSPS) is 22.1. The maximum Gasteiger partial charge on any atom is 0.336 e. The Labute approximate surface area is 163 Å². The molecule has 6 heteroatoms. The molecule has 0 amide bonds. The average molecular weight is 394 g/mol. The molecule has 0 aromatic heterocycles. The van der Waals surface area contributed by atoms with Gasteiger partial charge in [0.2, 0.25) is 0 Å². The summed E-state index contributed by atoms with van der Waals surface area (Å²) in [5.41, 5.74) is 2.72. The number of methoxy groups -OCH3 is 1. The maximum atomic E-state index is 13.3. The summed E-state index contributed by atoms with van der Waals surface area (Å²) in [4.78, 5) is 25.8. The van der Waals surface area contributed by atoms with E-state index in [4.69, 9.17) is 27.9 Å². The second-order valence-corrected chi connectivity index (χ2v) is 8.20. The Bertz CT molecular complexity index is 868. The highest BCUT2D eigenvalue weighted by molar-refractivity contribution is 6.35. The van der Waals surface area contributed by atoms with E-state index in [-0.39, 0.29) is 5.78 Å².